The zero-order valence-electron chi connectivity index (χ0n) is 12.4. The third-order valence-electron chi connectivity index (χ3n) is 4.02. The van der Waals surface area contributed by atoms with Gasteiger partial charge in [0, 0.05) is 17.1 Å². The SMILES string of the molecule is CC(c1ccccc1)N1CCC/C1=C\Sc1ccccc1. The summed E-state index contributed by atoms with van der Waals surface area (Å²) >= 11 is 1.83. The monoisotopic (exact) mass is 295 g/mol. The molecule has 2 aromatic rings. The van der Waals surface area contributed by atoms with E-state index in [0.29, 0.717) is 6.04 Å². The van der Waals surface area contributed by atoms with E-state index in [9.17, 15) is 0 Å². The molecule has 2 aromatic carbocycles. The minimum Gasteiger partial charge on any atom is -0.368 e. The zero-order chi connectivity index (χ0) is 14.5. The molecule has 1 unspecified atom stereocenters. The third-order valence-corrected chi connectivity index (χ3v) is 4.96. The van der Waals surface area contributed by atoms with E-state index < -0.39 is 0 Å². The Kier molecular flexibility index (Phi) is 4.66. The Morgan fingerprint density at radius 3 is 2.38 bits per heavy atom. The first-order chi connectivity index (χ1) is 10.3. The summed E-state index contributed by atoms with van der Waals surface area (Å²) in [6.07, 6.45) is 2.45. The number of benzene rings is 2. The second kappa shape index (κ2) is 6.86. The van der Waals surface area contributed by atoms with Crippen molar-refractivity contribution < 1.29 is 0 Å². The predicted octanol–water partition coefficient (Wildman–Crippen LogP) is 5.48. The standard InChI is InChI=1S/C19H21NS/c1-16(17-9-4-2-5-10-17)20-14-8-11-18(20)15-21-19-12-6-3-7-13-19/h2-7,9-10,12-13,15-16H,8,11,14H2,1H3/b18-15+. The van der Waals surface area contributed by atoms with Gasteiger partial charge in [-0.05, 0) is 42.9 Å². The van der Waals surface area contributed by atoms with Gasteiger partial charge >= 0.3 is 0 Å². The van der Waals surface area contributed by atoms with Gasteiger partial charge in [0.05, 0.1) is 6.04 Å². The van der Waals surface area contributed by atoms with Crippen molar-refractivity contribution >= 4 is 11.8 Å². The highest BCUT2D eigenvalue weighted by Crippen LogP contribution is 2.34. The molecule has 1 saturated heterocycles. The summed E-state index contributed by atoms with van der Waals surface area (Å²) in [5.74, 6) is 0. The molecule has 108 valence electrons. The van der Waals surface area contributed by atoms with Gasteiger partial charge in [-0.1, -0.05) is 60.3 Å². The molecular formula is C19H21NS. The maximum atomic E-state index is 2.55. The number of thioether (sulfide) groups is 1. The summed E-state index contributed by atoms with van der Waals surface area (Å²) in [5.41, 5.74) is 2.87. The van der Waals surface area contributed by atoms with E-state index in [1.165, 1.54) is 29.0 Å². The van der Waals surface area contributed by atoms with Crippen LogP contribution in [-0.2, 0) is 0 Å². The molecule has 0 N–H and O–H groups in total. The van der Waals surface area contributed by atoms with Crippen molar-refractivity contribution in [3.05, 3.63) is 77.3 Å². The molecule has 0 bridgehead atoms. The average molecular weight is 295 g/mol. The van der Waals surface area contributed by atoms with Gasteiger partial charge in [-0.2, -0.15) is 0 Å². The van der Waals surface area contributed by atoms with Gasteiger partial charge in [0.15, 0.2) is 0 Å². The quantitative estimate of drug-likeness (QED) is 0.687. The minimum atomic E-state index is 0.455. The second-order valence-electron chi connectivity index (χ2n) is 5.42. The van der Waals surface area contributed by atoms with Gasteiger partial charge in [0.2, 0.25) is 0 Å². The first kappa shape index (κ1) is 14.3. The van der Waals surface area contributed by atoms with Gasteiger partial charge in [0.25, 0.3) is 0 Å². The third kappa shape index (κ3) is 3.51. The molecule has 3 rings (SSSR count). The lowest BCUT2D eigenvalue weighted by Crippen LogP contribution is -2.21. The lowest BCUT2D eigenvalue weighted by molar-refractivity contribution is 0.310. The Bertz CT molecular complexity index is 591. The van der Waals surface area contributed by atoms with Crippen molar-refractivity contribution in [3.63, 3.8) is 0 Å². The normalized spacial score (nSPS) is 18.1. The Balaban J connectivity index is 1.73. The van der Waals surface area contributed by atoms with Crippen LogP contribution in [0.4, 0.5) is 0 Å². The fourth-order valence-corrected chi connectivity index (χ4v) is 3.67. The highest BCUT2D eigenvalue weighted by molar-refractivity contribution is 8.02. The molecule has 0 saturated carbocycles. The number of hydrogen-bond donors (Lipinski definition) is 0. The van der Waals surface area contributed by atoms with Crippen LogP contribution in [0.1, 0.15) is 31.4 Å². The van der Waals surface area contributed by atoms with Gasteiger partial charge in [-0.15, -0.1) is 0 Å². The van der Waals surface area contributed by atoms with Gasteiger partial charge in [0.1, 0.15) is 0 Å². The van der Waals surface area contributed by atoms with Crippen molar-refractivity contribution in [2.45, 2.75) is 30.7 Å². The Morgan fingerprint density at radius 1 is 1.00 bits per heavy atom. The van der Waals surface area contributed by atoms with Crippen LogP contribution >= 0.6 is 11.8 Å². The molecule has 0 aromatic heterocycles. The molecule has 1 aliphatic heterocycles. The van der Waals surface area contributed by atoms with Crippen LogP contribution in [-0.4, -0.2) is 11.4 Å². The number of hydrogen-bond acceptors (Lipinski definition) is 2. The van der Waals surface area contributed by atoms with Gasteiger partial charge in [-0.3, -0.25) is 0 Å². The van der Waals surface area contributed by atoms with E-state index in [0.717, 1.165) is 6.54 Å². The van der Waals surface area contributed by atoms with Crippen molar-refractivity contribution in [2.75, 3.05) is 6.54 Å². The summed E-state index contributed by atoms with van der Waals surface area (Å²) in [4.78, 5) is 3.86. The molecule has 0 spiro atoms. The Labute approximate surface area is 131 Å². The van der Waals surface area contributed by atoms with Crippen molar-refractivity contribution in [2.24, 2.45) is 0 Å². The Morgan fingerprint density at radius 2 is 1.67 bits per heavy atom. The molecule has 1 heterocycles. The maximum Gasteiger partial charge on any atom is 0.0511 e. The van der Waals surface area contributed by atoms with Crippen molar-refractivity contribution in [1.82, 2.24) is 4.90 Å². The van der Waals surface area contributed by atoms with Crippen LogP contribution in [0.5, 0.6) is 0 Å². The largest absolute Gasteiger partial charge is 0.368 e. The minimum absolute atomic E-state index is 0.455. The number of allylic oxidation sites excluding steroid dienone is 1. The Hall–Kier alpha value is -1.67. The summed E-state index contributed by atoms with van der Waals surface area (Å²) in [6.45, 7) is 3.47. The molecular weight excluding hydrogens is 274 g/mol. The second-order valence-corrected chi connectivity index (χ2v) is 6.37. The lowest BCUT2D eigenvalue weighted by Gasteiger charge is -2.28. The first-order valence-corrected chi connectivity index (χ1v) is 8.45. The molecule has 0 amide bonds. The summed E-state index contributed by atoms with van der Waals surface area (Å²) in [5, 5.41) is 2.34. The van der Waals surface area contributed by atoms with Crippen molar-refractivity contribution in [3.8, 4) is 0 Å². The van der Waals surface area contributed by atoms with Crippen LogP contribution in [0.25, 0.3) is 0 Å². The smallest absolute Gasteiger partial charge is 0.0511 e. The van der Waals surface area contributed by atoms with E-state index in [2.05, 4.69) is 77.9 Å². The first-order valence-electron chi connectivity index (χ1n) is 7.57. The maximum absolute atomic E-state index is 2.55. The molecule has 21 heavy (non-hydrogen) atoms. The molecule has 2 heteroatoms. The number of likely N-dealkylation sites (tertiary alicyclic amines) is 1. The van der Waals surface area contributed by atoms with Crippen molar-refractivity contribution in [1.29, 1.82) is 0 Å². The average Bonchev–Trinajstić information content (AvgIpc) is 3.02. The zero-order valence-corrected chi connectivity index (χ0v) is 13.2. The highest BCUT2D eigenvalue weighted by atomic mass is 32.2. The summed E-state index contributed by atoms with van der Waals surface area (Å²) in [6, 6.07) is 21.8. The number of rotatable bonds is 4. The van der Waals surface area contributed by atoms with Crippen LogP contribution < -0.4 is 0 Å². The fourth-order valence-electron chi connectivity index (χ4n) is 2.83. The summed E-state index contributed by atoms with van der Waals surface area (Å²) in [7, 11) is 0. The fraction of sp³-hybridized carbons (Fsp3) is 0.263. The van der Waals surface area contributed by atoms with Crippen LogP contribution in [0.2, 0.25) is 0 Å². The molecule has 1 nitrogen and oxygen atoms in total. The van der Waals surface area contributed by atoms with E-state index in [1.807, 2.05) is 11.8 Å². The highest BCUT2D eigenvalue weighted by Gasteiger charge is 2.22. The van der Waals surface area contributed by atoms with Crippen LogP contribution in [0.3, 0.4) is 0 Å². The number of nitrogens with zero attached hydrogens (tertiary/aromatic N) is 1. The molecule has 1 fully saturated rings. The van der Waals surface area contributed by atoms with Crippen LogP contribution in [0, 0.1) is 0 Å². The van der Waals surface area contributed by atoms with Crippen LogP contribution in [0.15, 0.2) is 76.7 Å². The molecule has 0 radical (unpaired) electrons. The van der Waals surface area contributed by atoms with E-state index >= 15 is 0 Å². The molecule has 1 atom stereocenters. The van der Waals surface area contributed by atoms with Gasteiger partial charge in [-0.25, -0.2) is 0 Å². The molecule has 1 aliphatic rings. The van der Waals surface area contributed by atoms with E-state index in [4.69, 9.17) is 0 Å². The topological polar surface area (TPSA) is 3.24 Å². The predicted molar refractivity (Wildman–Crippen MR) is 91.2 cm³/mol. The molecule has 0 aliphatic carbocycles. The van der Waals surface area contributed by atoms with E-state index in [-0.39, 0.29) is 0 Å². The lowest BCUT2D eigenvalue weighted by atomic mass is 10.1. The van der Waals surface area contributed by atoms with Gasteiger partial charge < -0.3 is 4.90 Å². The van der Waals surface area contributed by atoms with E-state index in [1.54, 1.807) is 0 Å². The summed E-state index contributed by atoms with van der Waals surface area (Å²) < 4.78 is 0.